The number of aryl methyl sites for hydroxylation is 3. The van der Waals surface area contributed by atoms with E-state index in [-0.39, 0.29) is 23.3 Å². The van der Waals surface area contributed by atoms with Gasteiger partial charge in [-0.25, -0.2) is 0 Å². The summed E-state index contributed by atoms with van der Waals surface area (Å²) in [4.78, 5) is 23.8. The molecule has 0 spiro atoms. The Morgan fingerprint density at radius 3 is 1.79 bits per heavy atom. The molecule has 0 saturated heterocycles. The van der Waals surface area contributed by atoms with Gasteiger partial charge in [0.1, 0.15) is 0 Å². The van der Waals surface area contributed by atoms with Crippen LogP contribution in [0.25, 0.3) is 0 Å². The van der Waals surface area contributed by atoms with Crippen LogP contribution in [0.2, 0.25) is 0 Å². The molecule has 2 N–H and O–H groups in total. The summed E-state index contributed by atoms with van der Waals surface area (Å²) in [5, 5.41) is 5.68. The van der Waals surface area contributed by atoms with Crippen LogP contribution in [0.3, 0.4) is 0 Å². The quantitative estimate of drug-likeness (QED) is 0.836. The predicted molar refractivity (Wildman–Crippen MR) is 102 cm³/mol. The van der Waals surface area contributed by atoms with Gasteiger partial charge in [-0.05, 0) is 56.2 Å². The molecule has 126 valence electrons. The maximum absolute atomic E-state index is 11.9. The van der Waals surface area contributed by atoms with Crippen LogP contribution in [0, 0.1) is 20.8 Å². The Morgan fingerprint density at radius 1 is 0.750 bits per heavy atom. The van der Waals surface area contributed by atoms with Gasteiger partial charge in [-0.3, -0.25) is 9.59 Å². The molecule has 0 saturated carbocycles. The summed E-state index contributed by atoms with van der Waals surface area (Å²) < 4.78 is 0. The van der Waals surface area contributed by atoms with Gasteiger partial charge >= 0.3 is 0 Å². The molecule has 4 nitrogen and oxygen atoms in total. The van der Waals surface area contributed by atoms with Crippen molar-refractivity contribution in [3.05, 3.63) is 59.2 Å². The van der Waals surface area contributed by atoms with Gasteiger partial charge in [0.2, 0.25) is 11.8 Å². The molecule has 0 radical (unpaired) electrons. The lowest BCUT2D eigenvalue weighted by Gasteiger charge is -2.08. The SMILES string of the molecule is Cc1ccc(NC(=O)CSCC(=O)Nc2cc(C)cc(C)c2)cc1. The van der Waals surface area contributed by atoms with E-state index >= 15 is 0 Å². The number of carbonyl (C=O) groups excluding carboxylic acids is 2. The van der Waals surface area contributed by atoms with Crippen LogP contribution in [0.1, 0.15) is 16.7 Å². The Hall–Kier alpha value is -2.27. The third kappa shape index (κ3) is 6.08. The zero-order valence-electron chi connectivity index (χ0n) is 14.2. The van der Waals surface area contributed by atoms with E-state index in [0.717, 1.165) is 28.1 Å². The van der Waals surface area contributed by atoms with Gasteiger partial charge in [-0.1, -0.05) is 23.8 Å². The monoisotopic (exact) mass is 342 g/mol. The minimum absolute atomic E-state index is 0.104. The molecule has 2 aromatic carbocycles. The van der Waals surface area contributed by atoms with Gasteiger partial charge in [-0.15, -0.1) is 11.8 Å². The number of benzene rings is 2. The Bertz CT molecular complexity index is 706. The average molecular weight is 342 g/mol. The number of amides is 2. The number of anilines is 2. The summed E-state index contributed by atoms with van der Waals surface area (Å²) in [5.74, 6) is 0.277. The Kier molecular flexibility index (Phi) is 6.44. The second kappa shape index (κ2) is 8.55. The third-order valence-corrected chi connectivity index (χ3v) is 4.24. The van der Waals surface area contributed by atoms with Crippen LogP contribution in [0.4, 0.5) is 11.4 Å². The van der Waals surface area contributed by atoms with E-state index in [4.69, 9.17) is 0 Å². The first-order valence-electron chi connectivity index (χ1n) is 7.75. The molecule has 5 heteroatoms. The summed E-state index contributed by atoms with van der Waals surface area (Å²) in [6.07, 6.45) is 0. The Morgan fingerprint density at radius 2 is 1.25 bits per heavy atom. The van der Waals surface area contributed by atoms with Crippen LogP contribution >= 0.6 is 11.8 Å². The summed E-state index contributed by atoms with van der Waals surface area (Å²) in [6.45, 7) is 5.98. The molecule has 0 aromatic heterocycles. The lowest BCUT2D eigenvalue weighted by molar-refractivity contribution is -0.114. The zero-order valence-corrected chi connectivity index (χ0v) is 15.0. The fraction of sp³-hybridized carbons (Fsp3) is 0.263. The van der Waals surface area contributed by atoms with E-state index in [9.17, 15) is 9.59 Å². The van der Waals surface area contributed by atoms with Crippen LogP contribution in [-0.4, -0.2) is 23.3 Å². The summed E-state index contributed by atoms with van der Waals surface area (Å²) in [6, 6.07) is 13.5. The number of hydrogen-bond donors (Lipinski definition) is 2. The topological polar surface area (TPSA) is 58.2 Å². The molecule has 0 aliphatic carbocycles. The van der Waals surface area contributed by atoms with Crippen molar-refractivity contribution < 1.29 is 9.59 Å². The fourth-order valence-electron chi connectivity index (χ4n) is 2.31. The highest BCUT2D eigenvalue weighted by Gasteiger charge is 2.07. The van der Waals surface area contributed by atoms with Gasteiger partial charge in [0.25, 0.3) is 0 Å². The predicted octanol–water partition coefficient (Wildman–Crippen LogP) is 3.92. The number of carbonyl (C=O) groups is 2. The molecule has 2 amide bonds. The number of nitrogens with one attached hydrogen (secondary N) is 2. The molecule has 0 bridgehead atoms. The maximum Gasteiger partial charge on any atom is 0.234 e. The Balaban J connectivity index is 1.73. The second-order valence-electron chi connectivity index (χ2n) is 5.83. The number of hydrogen-bond acceptors (Lipinski definition) is 3. The van der Waals surface area contributed by atoms with E-state index in [1.807, 2.05) is 57.2 Å². The molecule has 0 aliphatic rings. The van der Waals surface area contributed by atoms with Crippen molar-refractivity contribution >= 4 is 35.0 Å². The van der Waals surface area contributed by atoms with Crippen molar-refractivity contribution in [1.29, 1.82) is 0 Å². The van der Waals surface area contributed by atoms with E-state index in [1.54, 1.807) is 0 Å². The van der Waals surface area contributed by atoms with E-state index in [2.05, 4.69) is 16.7 Å². The van der Waals surface area contributed by atoms with Gasteiger partial charge < -0.3 is 10.6 Å². The number of rotatable bonds is 6. The fourth-order valence-corrected chi connectivity index (χ4v) is 2.93. The average Bonchev–Trinajstić information content (AvgIpc) is 2.48. The molecular weight excluding hydrogens is 320 g/mol. The standard InChI is InChI=1S/C19H22N2O2S/c1-13-4-6-16(7-5-13)20-18(22)11-24-12-19(23)21-17-9-14(2)8-15(3)10-17/h4-10H,11-12H2,1-3H3,(H,20,22)(H,21,23). The molecule has 0 aliphatic heterocycles. The normalized spacial score (nSPS) is 10.3. The van der Waals surface area contributed by atoms with Crippen molar-refractivity contribution in [2.75, 3.05) is 22.1 Å². The van der Waals surface area contributed by atoms with Crippen molar-refractivity contribution in [3.8, 4) is 0 Å². The largest absolute Gasteiger partial charge is 0.325 e. The van der Waals surface area contributed by atoms with Gasteiger partial charge in [0.15, 0.2) is 0 Å². The molecular formula is C19H22N2O2S. The van der Waals surface area contributed by atoms with Crippen molar-refractivity contribution in [2.24, 2.45) is 0 Å². The number of thioether (sulfide) groups is 1. The van der Waals surface area contributed by atoms with E-state index < -0.39 is 0 Å². The first kappa shape index (κ1) is 18.1. The maximum atomic E-state index is 11.9. The second-order valence-corrected chi connectivity index (χ2v) is 6.82. The highest BCUT2D eigenvalue weighted by molar-refractivity contribution is 8.00. The summed E-state index contributed by atoms with van der Waals surface area (Å²) in [5.41, 5.74) is 4.92. The summed E-state index contributed by atoms with van der Waals surface area (Å²) in [7, 11) is 0. The van der Waals surface area contributed by atoms with E-state index in [1.165, 1.54) is 11.8 Å². The first-order valence-corrected chi connectivity index (χ1v) is 8.90. The van der Waals surface area contributed by atoms with Crippen LogP contribution in [-0.2, 0) is 9.59 Å². The molecule has 0 unspecified atom stereocenters. The Labute approximate surface area is 147 Å². The molecule has 2 rings (SSSR count). The van der Waals surface area contributed by atoms with Crippen LogP contribution in [0.15, 0.2) is 42.5 Å². The minimum atomic E-state index is -0.108. The molecule has 2 aromatic rings. The van der Waals surface area contributed by atoms with Gasteiger partial charge in [0, 0.05) is 11.4 Å². The zero-order chi connectivity index (χ0) is 17.5. The molecule has 24 heavy (non-hydrogen) atoms. The molecule has 0 heterocycles. The van der Waals surface area contributed by atoms with Crippen molar-refractivity contribution in [3.63, 3.8) is 0 Å². The van der Waals surface area contributed by atoms with Crippen molar-refractivity contribution in [1.82, 2.24) is 0 Å². The minimum Gasteiger partial charge on any atom is -0.325 e. The lowest BCUT2D eigenvalue weighted by Crippen LogP contribution is -2.18. The van der Waals surface area contributed by atoms with Gasteiger partial charge in [0.05, 0.1) is 11.5 Å². The third-order valence-electron chi connectivity index (χ3n) is 3.31. The molecule has 0 fully saturated rings. The highest BCUT2D eigenvalue weighted by atomic mass is 32.2. The van der Waals surface area contributed by atoms with Crippen LogP contribution in [0.5, 0.6) is 0 Å². The highest BCUT2D eigenvalue weighted by Crippen LogP contribution is 2.14. The van der Waals surface area contributed by atoms with Crippen molar-refractivity contribution in [2.45, 2.75) is 20.8 Å². The first-order chi connectivity index (χ1) is 11.4. The van der Waals surface area contributed by atoms with Gasteiger partial charge in [-0.2, -0.15) is 0 Å². The van der Waals surface area contributed by atoms with E-state index in [0.29, 0.717) is 0 Å². The smallest absolute Gasteiger partial charge is 0.234 e. The van der Waals surface area contributed by atoms with Crippen LogP contribution < -0.4 is 10.6 Å². The molecule has 0 atom stereocenters. The lowest BCUT2D eigenvalue weighted by atomic mass is 10.1. The summed E-state index contributed by atoms with van der Waals surface area (Å²) >= 11 is 1.30.